The molecular formula is C29H37N5O. The summed E-state index contributed by atoms with van der Waals surface area (Å²) in [4.78, 5) is 11.2. The van der Waals surface area contributed by atoms with Gasteiger partial charge in [-0.2, -0.15) is 5.10 Å². The Morgan fingerprint density at radius 3 is 2.57 bits per heavy atom. The molecule has 6 heteroatoms. The first-order chi connectivity index (χ1) is 16.8. The van der Waals surface area contributed by atoms with Crippen molar-refractivity contribution >= 4 is 10.9 Å². The van der Waals surface area contributed by atoms with Gasteiger partial charge in [0.05, 0.1) is 16.9 Å². The van der Waals surface area contributed by atoms with Gasteiger partial charge in [0.25, 0.3) is 0 Å². The van der Waals surface area contributed by atoms with E-state index in [2.05, 4.69) is 59.1 Å². The maximum absolute atomic E-state index is 10.0. The number of phenols is 1. The van der Waals surface area contributed by atoms with Crippen LogP contribution in [0.4, 0.5) is 0 Å². The lowest BCUT2D eigenvalue weighted by atomic mass is 9.87. The number of nitrogens with one attached hydrogen (secondary N) is 2. The van der Waals surface area contributed by atoms with Crippen LogP contribution in [0.2, 0.25) is 0 Å². The normalized spacial score (nSPS) is 14.5. The lowest BCUT2D eigenvalue weighted by Gasteiger charge is -2.43. The first kappa shape index (κ1) is 23.6. The molecule has 1 aliphatic rings. The van der Waals surface area contributed by atoms with E-state index in [1.165, 1.54) is 37.1 Å². The molecule has 0 saturated heterocycles. The van der Waals surface area contributed by atoms with Crippen LogP contribution in [0.15, 0.2) is 30.3 Å². The van der Waals surface area contributed by atoms with Crippen molar-refractivity contribution in [1.82, 2.24) is 25.1 Å². The van der Waals surface area contributed by atoms with Gasteiger partial charge in [0.1, 0.15) is 11.4 Å². The molecule has 3 heterocycles. The lowest BCUT2D eigenvalue weighted by Crippen LogP contribution is -2.48. The number of nitrogens with zero attached hydrogens (tertiary/aromatic N) is 3. The van der Waals surface area contributed by atoms with Crippen LogP contribution in [-0.2, 0) is 13.0 Å². The average Bonchev–Trinajstić information content (AvgIpc) is 3.44. The molecule has 2 aromatic carbocycles. The van der Waals surface area contributed by atoms with Crippen LogP contribution in [0.3, 0.4) is 0 Å². The quantitative estimate of drug-likeness (QED) is 0.281. The molecule has 0 spiro atoms. The number of hydrogen-bond donors (Lipinski definition) is 3. The van der Waals surface area contributed by atoms with Gasteiger partial charge >= 0.3 is 0 Å². The van der Waals surface area contributed by atoms with Gasteiger partial charge in [0.2, 0.25) is 0 Å². The van der Waals surface area contributed by atoms with Crippen molar-refractivity contribution in [3.8, 4) is 28.4 Å². The van der Waals surface area contributed by atoms with Crippen molar-refractivity contribution in [1.29, 1.82) is 0 Å². The zero-order valence-corrected chi connectivity index (χ0v) is 21.6. The number of hydrogen-bond acceptors (Lipinski definition) is 4. The number of aromatic amines is 2. The average molecular weight is 472 g/mol. The van der Waals surface area contributed by atoms with Crippen LogP contribution in [0.25, 0.3) is 33.5 Å². The standard InChI is InChI=1S/C29H37N5O/c1-6-11-29(5,12-7-2)34-13-10-23-25(17-34)31-28(30-23)27-21-9-8-20(16-24(21)32-33-27)22-14-19(4)26(35)15-18(22)3/h8-9,14-16,35H,6-7,10-13,17H2,1-5H3,(H,30,31)(H,32,33). The number of H-pyrrole nitrogens is 2. The predicted molar refractivity (Wildman–Crippen MR) is 143 cm³/mol. The number of fused-ring (bicyclic) bond motifs is 2. The van der Waals surface area contributed by atoms with E-state index in [0.717, 1.165) is 64.2 Å². The topological polar surface area (TPSA) is 80.8 Å². The molecule has 0 fully saturated rings. The number of phenolic OH excluding ortho intramolecular Hbond substituents is 1. The summed E-state index contributed by atoms with van der Waals surface area (Å²) in [6.45, 7) is 12.9. The molecule has 0 aliphatic carbocycles. The molecule has 35 heavy (non-hydrogen) atoms. The number of aryl methyl sites for hydroxylation is 2. The molecule has 184 valence electrons. The van der Waals surface area contributed by atoms with Crippen molar-refractivity contribution in [2.45, 2.75) is 78.8 Å². The summed E-state index contributed by atoms with van der Waals surface area (Å²) in [6, 6.07) is 10.3. The van der Waals surface area contributed by atoms with Crippen molar-refractivity contribution < 1.29 is 5.11 Å². The minimum absolute atomic E-state index is 0.243. The smallest absolute Gasteiger partial charge is 0.159 e. The van der Waals surface area contributed by atoms with Gasteiger partial charge in [-0.1, -0.05) is 32.8 Å². The van der Waals surface area contributed by atoms with Crippen LogP contribution >= 0.6 is 0 Å². The number of aromatic hydroxyl groups is 1. The highest BCUT2D eigenvalue weighted by molar-refractivity contribution is 5.94. The van der Waals surface area contributed by atoms with E-state index in [-0.39, 0.29) is 5.54 Å². The summed E-state index contributed by atoms with van der Waals surface area (Å²) >= 11 is 0. The maximum atomic E-state index is 10.0. The second-order valence-electron chi connectivity index (χ2n) is 10.5. The van der Waals surface area contributed by atoms with Gasteiger partial charge in [-0.05, 0) is 80.1 Å². The Bertz CT molecular complexity index is 1360. The predicted octanol–water partition coefficient (Wildman–Crippen LogP) is 6.66. The molecule has 3 N–H and O–H groups in total. The van der Waals surface area contributed by atoms with Crippen LogP contribution in [0.5, 0.6) is 5.75 Å². The third kappa shape index (κ3) is 4.25. The molecule has 0 amide bonds. The fourth-order valence-corrected chi connectivity index (χ4v) is 5.86. The van der Waals surface area contributed by atoms with E-state index in [0.29, 0.717) is 5.75 Å². The summed E-state index contributed by atoms with van der Waals surface area (Å²) < 4.78 is 0. The molecule has 0 saturated carbocycles. The Morgan fingerprint density at radius 2 is 1.83 bits per heavy atom. The van der Waals surface area contributed by atoms with Crippen molar-refractivity contribution in [2.24, 2.45) is 0 Å². The minimum Gasteiger partial charge on any atom is -0.508 e. The highest BCUT2D eigenvalue weighted by Gasteiger charge is 2.34. The van der Waals surface area contributed by atoms with Crippen LogP contribution in [-0.4, -0.2) is 42.3 Å². The molecule has 0 atom stereocenters. The Kier molecular flexibility index (Phi) is 6.18. The Balaban J connectivity index is 1.45. The zero-order valence-electron chi connectivity index (χ0n) is 21.6. The van der Waals surface area contributed by atoms with Gasteiger partial charge in [-0.3, -0.25) is 10.00 Å². The van der Waals surface area contributed by atoms with Crippen molar-refractivity contribution in [2.75, 3.05) is 6.54 Å². The van der Waals surface area contributed by atoms with Gasteiger partial charge in [-0.15, -0.1) is 0 Å². The molecule has 5 rings (SSSR count). The van der Waals surface area contributed by atoms with Crippen LogP contribution < -0.4 is 0 Å². The first-order valence-corrected chi connectivity index (χ1v) is 12.9. The summed E-state index contributed by atoms with van der Waals surface area (Å²) in [5, 5.41) is 19.0. The van der Waals surface area contributed by atoms with Crippen LogP contribution in [0.1, 0.15) is 69.0 Å². The highest BCUT2D eigenvalue weighted by atomic mass is 16.3. The largest absolute Gasteiger partial charge is 0.508 e. The Morgan fingerprint density at radius 1 is 1.06 bits per heavy atom. The van der Waals surface area contributed by atoms with E-state index in [4.69, 9.17) is 4.98 Å². The summed E-state index contributed by atoms with van der Waals surface area (Å²) in [5.41, 5.74) is 8.65. The van der Waals surface area contributed by atoms with Gasteiger partial charge in [0, 0.05) is 30.4 Å². The van der Waals surface area contributed by atoms with E-state index in [9.17, 15) is 5.11 Å². The molecule has 4 aromatic rings. The third-order valence-corrected chi connectivity index (χ3v) is 7.81. The SMILES string of the molecule is CCCC(C)(CCC)N1CCc2nc(-c3n[nH]c4cc(-c5cc(C)c(O)cc5C)ccc34)[nH]c2C1. The second-order valence-corrected chi connectivity index (χ2v) is 10.5. The maximum Gasteiger partial charge on any atom is 0.159 e. The first-order valence-electron chi connectivity index (χ1n) is 12.9. The lowest BCUT2D eigenvalue weighted by molar-refractivity contribution is 0.0683. The van der Waals surface area contributed by atoms with E-state index < -0.39 is 0 Å². The molecule has 0 bridgehead atoms. The molecule has 6 nitrogen and oxygen atoms in total. The fourth-order valence-electron chi connectivity index (χ4n) is 5.86. The number of benzene rings is 2. The second kappa shape index (κ2) is 9.15. The summed E-state index contributed by atoms with van der Waals surface area (Å²) in [6.07, 6.45) is 5.84. The van der Waals surface area contributed by atoms with E-state index in [1.807, 2.05) is 26.0 Å². The number of imidazole rings is 1. The summed E-state index contributed by atoms with van der Waals surface area (Å²) in [7, 11) is 0. The Hall–Kier alpha value is -3.12. The van der Waals surface area contributed by atoms with Crippen molar-refractivity contribution in [3.05, 3.63) is 52.8 Å². The minimum atomic E-state index is 0.243. The van der Waals surface area contributed by atoms with Crippen LogP contribution in [0, 0.1) is 13.8 Å². The third-order valence-electron chi connectivity index (χ3n) is 7.81. The highest BCUT2D eigenvalue weighted by Crippen LogP contribution is 2.35. The molecule has 1 aliphatic heterocycles. The number of rotatable bonds is 7. The molecule has 0 radical (unpaired) electrons. The zero-order chi connectivity index (χ0) is 24.7. The van der Waals surface area contributed by atoms with E-state index >= 15 is 0 Å². The number of aromatic nitrogens is 4. The molecular weight excluding hydrogens is 434 g/mol. The molecule has 0 unspecified atom stereocenters. The van der Waals surface area contributed by atoms with Gasteiger partial charge in [0.15, 0.2) is 5.82 Å². The Labute approximate surface area is 207 Å². The summed E-state index contributed by atoms with van der Waals surface area (Å²) in [5.74, 6) is 1.18. The van der Waals surface area contributed by atoms with Crippen molar-refractivity contribution in [3.63, 3.8) is 0 Å². The molecule has 2 aromatic heterocycles. The monoisotopic (exact) mass is 471 g/mol. The fraction of sp³-hybridized carbons (Fsp3) is 0.448. The van der Waals surface area contributed by atoms with Gasteiger partial charge in [-0.25, -0.2) is 4.98 Å². The van der Waals surface area contributed by atoms with Gasteiger partial charge < -0.3 is 10.1 Å². The van der Waals surface area contributed by atoms with E-state index in [1.54, 1.807) is 0 Å².